The van der Waals surface area contributed by atoms with E-state index in [9.17, 15) is 13.6 Å². The van der Waals surface area contributed by atoms with Crippen molar-refractivity contribution >= 4 is 5.78 Å². The molecule has 6 heteroatoms. The summed E-state index contributed by atoms with van der Waals surface area (Å²) in [6.45, 7) is -0.495. The van der Waals surface area contributed by atoms with E-state index in [1.807, 2.05) is 43.3 Å². The van der Waals surface area contributed by atoms with E-state index in [2.05, 4.69) is 18.2 Å². The number of rotatable bonds is 6. The van der Waals surface area contributed by atoms with Gasteiger partial charge in [-0.2, -0.15) is 8.78 Å². The van der Waals surface area contributed by atoms with Gasteiger partial charge in [-0.25, -0.2) is 0 Å². The number of ketones is 1. The molecule has 1 aliphatic heterocycles. The molecule has 184 valence electrons. The lowest BCUT2D eigenvalue weighted by Gasteiger charge is -2.23. The molecule has 0 N–H and O–H groups in total. The van der Waals surface area contributed by atoms with E-state index in [1.165, 1.54) is 0 Å². The lowest BCUT2D eigenvalue weighted by Crippen LogP contribution is -2.24. The van der Waals surface area contributed by atoms with Gasteiger partial charge in [-0.05, 0) is 56.4 Å². The maximum absolute atomic E-state index is 12.9. The fourth-order valence-corrected chi connectivity index (χ4v) is 4.74. The fourth-order valence-electron chi connectivity index (χ4n) is 4.74. The van der Waals surface area contributed by atoms with E-state index < -0.39 is 6.61 Å². The summed E-state index contributed by atoms with van der Waals surface area (Å²) in [5.74, 6) is 0.0664. The zero-order valence-corrected chi connectivity index (χ0v) is 20.0. The van der Waals surface area contributed by atoms with Gasteiger partial charge in [0.1, 0.15) is 12.4 Å². The molecule has 0 aliphatic carbocycles. The van der Waals surface area contributed by atoms with E-state index in [0.29, 0.717) is 25.0 Å². The first-order valence-electron chi connectivity index (χ1n) is 12.2. The molecule has 0 saturated carbocycles. The number of ether oxygens (including phenoxy) is 2. The molecular weight excluding hydrogens is 448 g/mol. The molecule has 2 heterocycles. The SMILES string of the molecule is Cc1ccc(OC(F)F)c(CC2CCCC(c3cccc(-c4ccccc4)n3)CCOCC2=O)c1. The molecule has 4 rings (SSSR count). The summed E-state index contributed by atoms with van der Waals surface area (Å²) in [6, 6.07) is 21.3. The van der Waals surface area contributed by atoms with Gasteiger partial charge in [0.15, 0.2) is 5.78 Å². The van der Waals surface area contributed by atoms with Crippen LogP contribution in [0, 0.1) is 12.8 Å². The van der Waals surface area contributed by atoms with Crippen LogP contribution < -0.4 is 4.74 Å². The molecule has 1 aromatic heterocycles. The molecule has 2 aromatic carbocycles. The minimum atomic E-state index is -2.90. The molecule has 4 nitrogen and oxygen atoms in total. The van der Waals surface area contributed by atoms with Crippen molar-refractivity contribution in [2.24, 2.45) is 5.92 Å². The molecule has 3 aromatic rings. The highest BCUT2D eigenvalue weighted by Crippen LogP contribution is 2.31. The van der Waals surface area contributed by atoms with E-state index in [1.54, 1.807) is 12.1 Å². The Balaban J connectivity index is 1.48. The van der Waals surface area contributed by atoms with Crippen LogP contribution in [0.1, 0.15) is 48.4 Å². The lowest BCUT2D eigenvalue weighted by atomic mass is 9.86. The Morgan fingerprint density at radius 3 is 2.66 bits per heavy atom. The number of benzene rings is 2. The number of carbonyl (C=O) groups is 1. The van der Waals surface area contributed by atoms with Crippen molar-refractivity contribution < 1.29 is 23.0 Å². The highest BCUT2D eigenvalue weighted by Gasteiger charge is 2.24. The second kappa shape index (κ2) is 12.0. The van der Waals surface area contributed by atoms with Crippen LogP contribution in [0.15, 0.2) is 66.7 Å². The maximum atomic E-state index is 12.9. The Labute approximate surface area is 205 Å². The Hall–Kier alpha value is -3.12. The summed E-state index contributed by atoms with van der Waals surface area (Å²) in [6.07, 6.45) is 3.55. The average molecular weight is 480 g/mol. The smallest absolute Gasteiger partial charge is 0.387 e. The second-order valence-corrected chi connectivity index (χ2v) is 9.14. The predicted molar refractivity (Wildman–Crippen MR) is 132 cm³/mol. The van der Waals surface area contributed by atoms with Crippen molar-refractivity contribution in [2.75, 3.05) is 13.2 Å². The van der Waals surface area contributed by atoms with Crippen molar-refractivity contribution in [3.8, 4) is 17.0 Å². The first-order chi connectivity index (χ1) is 17.0. The van der Waals surface area contributed by atoms with Crippen molar-refractivity contribution in [3.63, 3.8) is 0 Å². The molecule has 1 fully saturated rings. The van der Waals surface area contributed by atoms with Crippen molar-refractivity contribution in [3.05, 3.63) is 83.6 Å². The molecule has 35 heavy (non-hydrogen) atoms. The van der Waals surface area contributed by atoms with Gasteiger partial charge in [0.25, 0.3) is 0 Å². The van der Waals surface area contributed by atoms with Gasteiger partial charge >= 0.3 is 6.61 Å². The molecule has 0 bridgehead atoms. The van der Waals surface area contributed by atoms with E-state index in [4.69, 9.17) is 14.5 Å². The van der Waals surface area contributed by atoms with Gasteiger partial charge in [0, 0.05) is 29.7 Å². The number of hydrogen-bond donors (Lipinski definition) is 0. The van der Waals surface area contributed by atoms with Gasteiger partial charge in [-0.3, -0.25) is 9.78 Å². The minimum Gasteiger partial charge on any atom is -0.435 e. The summed E-state index contributed by atoms with van der Waals surface area (Å²) >= 11 is 0. The lowest BCUT2D eigenvalue weighted by molar-refractivity contribution is -0.128. The van der Waals surface area contributed by atoms with Gasteiger partial charge < -0.3 is 9.47 Å². The number of alkyl halides is 2. The fraction of sp³-hybridized carbons (Fsp3) is 0.379. The molecule has 0 spiro atoms. The summed E-state index contributed by atoms with van der Waals surface area (Å²) in [7, 11) is 0. The summed E-state index contributed by atoms with van der Waals surface area (Å²) < 4.78 is 36.3. The zero-order valence-electron chi connectivity index (χ0n) is 20.0. The van der Waals surface area contributed by atoms with Gasteiger partial charge in [0.05, 0.1) is 5.69 Å². The van der Waals surface area contributed by atoms with E-state index >= 15 is 0 Å². The van der Waals surface area contributed by atoms with Crippen LogP contribution in [-0.2, 0) is 16.0 Å². The minimum absolute atomic E-state index is 0.0113. The molecule has 1 saturated heterocycles. The Bertz CT molecular complexity index is 1120. The van der Waals surface area contributed by atoms with Crippen LogP contribution in [0.3, 0.4) is 0 Å². The van der Waals surface area contributed by atoms with E-state index in [-0.39, 0.29) is 30.0 Å². The summed E-state index contributed by atoms with van der Waals surface area (Å²) in [4.78, 5) is 17.8. The summed E-state index contributed by atoms with van der Waals surface area (Å²) in [5, 5.41) is 0. The number of pyridine rings is 1. The Morgan fingerprint density at radius 2 is 1.86 bits per heavy atom. The third-order valence-corrected chi connectivity index (χ3v) is 6.57. The predicted octanol–water partition coefficient (Wildman–Crippen LogP) is 6.76. The third-order valence-electron chi connectivity index (χ3n) is 6.57. The van der Waals surface area contributed by atoms with Crippen LogP contribution >= 0.6 is 0 Å². The van der Waals surface area contributed by atoms with Crippen LogP contribution in [0.4, 0.5) is 8.78 Å². The number of nitrogens with zero attached hydrogens (tertiary/aromatic N) is 1. The first kappa shape index (κ1) is 25.0. The maximum Gasteiger partial charge on any atom is 0.387 e. The number of Topliss-reactive ketones (excluding diaryl/α,β-unsaturated/α-hetero) is 1. The number of carbonyl (C=O) groups excluding carboxylic acids is 1. The second-order valence-electron chi connectivity index (χ2n) is 9.14. The third kappa shape index (κ3) is 6.95. The van der Waals surface area contributed by atoms with Crippen molar-refractivity contribution in [1.29, 1.82) is 0 Å². The first-order valence-corrected chi connectivity index (χ1v) is 12.2. The normalized spacial score (nSPS) is 19.5. The molecule has 1 aliphatic rings. The number of halogens is 2. The topological polar surface area (TPSA) is 48.4 Å². The molecular formula is C29H31F2NO3. The molecule has 0 amide bonds. The van der Waals surface area contributed by atoms with Crippen molar-refractivity contribution in [1.82, 2.24) is 4.98 Å². The molecule has 2 atom stereocenters. The highest BCUT2D eigenvalue weighted by atomic mass is 19.3. The van der Waals surface area contributed by atoms with E-state index in [0.717, 1.165) is 41.8 Å². The molecule has 0 radical (unpaired) electrons. The van der Waals surface area contributed by atoms with Gasteiger partial charge in [-0.1, -0.05) is 60.5 Å². The average Bonchev–Trinajstić information content (AvgIpc) is 2.86. The van der Waals surface area contributed by atoms with Gasteiger partial charge in [0.2, 0.25) is 0 Å². The largest absolute Gasteiger partial charge is 0.435 e. The van der Waals surface area contributed by atoms with Crippen molar-refractivity contribution in [2.45, 2.75) is 51.6 Å². The van der Waals surface area contributed by atoms with Crippen LogP contribution in [0.2, 0.25) is 0 Å². The Morgan fingerprint density at radius 1 is 1.03 bits per heavy atom. The van der Waals surface area contributed by atoms with Crippen LogP contribution in [-0.4, -0.2) is 30.6 Å². The highest BCUT2D eigenvalue weighted by molar-refractivity contribution is 5.82. The van der Waals surface area contributed by atoms with Crippen LogP contribution in [0.25, 0.3) is 11.3 Å². The molecule has 2 unspecified atom stereocenters. The zero-order chi connectivity index (χ0) is 24.6. The quantitative estimate of drug-likeness (QED) is 0.392. The number of aryl methyl sites for hydroxylation is 1. The standard InChI is InChI=1S/C29H31F2NO3/c1-20-13-14-28(35-29(30)31)24(17-20)18-23-10-5-9-22(15-16-34-19-27(23)33)26-12-6-11-25(32-26)21-7-3-2-4-8-21/h2-4,6-8,11-14,17,22-23,29H,5,9-10,15-16,18-19H2,1H3. The van der Waals surface area contributed by atoms with Gasteiger partial charge in [-0.15, -0.1) is 0 Å². The monoisotopic (exact) mass is 479 g/mol. The number of hydrogen-bond acceptors (Lipinski definition) is 4. The Kier molecular flexibility index (Phi) is 8.59. The number of aromatic nitrogens is 1. The summed E-state index contributed by atoms with van der Waals surface area (Å²) in [5.41, 5.74) is 4.63. The van der Waals surface area contributed by atoms with Crippen LogP contribution in [0.5, 0.6) is 5.75 Å².